The van der Waals surface area contributed by atoms with Gasteiger partial charge in [-0.15, -0.1) is 0 Å². The van der Waals surface area contributed by atoms with Gasteiger partial charge in [0.05, 0.1) is 0 Å². The minimum atomic E-state index is -0.198. The molecule has 0 radical (unpaired) electrons. The normalized spacial score (nSPS) is 33.8. The Morgan fingerprint density at radius 3 is 2.36 bits per heavy atom. The van der Waals surface area contributed by atoms with E-state index in [0.717, 1.165) is 25.9 Å². The van der Waals surface area contributed by atoms with E-state index < -0.39 is 0 Å². The van der Waals surface area contributed by atoms with E-state index >= 15 is 0 Å². The number of hydrogen-bond donors (Lipinski definition) is 1. The SMILES string of the molecule is CCC(=O)NC1(C)CC(C(=O)N2C[C@@H]3C[C@]3(c3ccc(C(C)(C)C)cc3)C2)C1. The molecule has 2 amide bonds. The number of piperidine rings is 1. The average molecular weight is 383 g/mol. The van der Waals surface area contributed by atoms with Gasteiger partial charge >= 0.3 is 0 Å². The molecule has 28 heavy (non-hydrogen) atoms. The molecule has 3 fully saturated rings. The number of amides is 2. The summed E-state index contributed by atoms with van der Waals surface area (Å²) in [6.45, 7) is 12.4. The fourth-order valence-electron chi connectivity index (χ4n) is 5.39. The first-order valence-electron chi connectivity index (χ1n) is 10.8. The van der Waals surface area contributed by atoms with Crippen molar-refractivity contribution in [1.82, 2.24) is 10.2 Å². The maximum absolute atomic E-state index is 13.0. The van der Waals surface area contributed by atoms with Gasteiger partial charge in [-0.1, -0.05) is 52.0 Å². The van der Waals surface area contributed by atoms with Crippen LogP contribution in [0.15, 0.2) is 24.3 Å². The van der Waals surface area contributed by atoms with Gasteiger partial charge in [0.25, 0.3) is 0 Å². The van der Waals surface area contributed by atoms with Crippen molar-refractivity contribution in [2.45, 2.75) is 76.7 Å². The van der Waals surface area contributed by atoms with Crippen molar-refractivity contribution in [2.24, 2.45) is 11.8 Å². The zero-order valence-electron chi connectivity index (χ0n) is 18.0. The molecule has 0 bridgehead atoms. The van der Waals surface area contributed by atoms with Crippen molar-refractivity contribution >= 4 is 11.8 Å². The van der Waals surface area contributed by atoms with E-state index in [1.807, 2.05) is 6.92 Å². The molecule has 1 aromatic carbocycles. The highest BCUT2D eigenvalue weighted by Gasteiger charge is 2.62. The lowest BCUT2D eigenvalue weighted by Crippen LogP contribution is -2.58. The van der Waals surface area contributed by atoms with Crippen molar-refractivity contribution < 1.29 is 9.59 Å². The van der Waals surface area contributed by atoms with E-state index in [-0.39, 0.29) is 28.2 Å². The summed E-state index contributed by atoms with van der Waals surface area (Å²) in [6, 6.07) is 9.10. The van der Waals surface area contributed by atoms with Crippen molar-refractivity contribution in [3.63, 3.8) is 0 Å². The predicted molar refractivity (Wildman–Crippen MR) is 111 cm³/mol. The van der Waals surface area contributed by atoms with E-state index in [9.17, 15) is 9.59 Å². The third-order valence-electron chi connectivity index (χ3n) is 7.29. The first-order chi connectivity index (χ1) is 13.1. The number of rotatable bonds is 4. The summed E-state index contributed by atoms with van der Waals surface area (Å²) in [5.41, 5.74) is 2.92. The van der Waals surface area contributed by atoms with Crippen LogP contribution < -0.4 is 5.32 Å². The molecule has 2 aliphatic carbocycles. The highest BCUT2D eigenvalue weighted by molar-refractivity contribution is 5.82. The molecule has 1 saturated heterocycles. The standard InChI is InChI=1S/C24H34N2O2/c1-6-20(27)25-23(5)11-16(12-23)21(28)26-14-19-13-24(19,15-26)18-9-7-17(8-10-18)22(2,3)4/h7-10,16,19H,6,11-15H2,1-5H3,(H,25,27)/t16?,19-,23?,24+/m0/s1. The van der Waals surface area contributed by atoms with Crippen molar-refractivity contribution in [3.05, 3.63) is 35.4 Å². The molecule has 3 aliphatic rings. The Hall–Kier alpha value is -1.84. The summed E-state index contributed by atoms with van der Waals surface area (Å²) >= 11 is 0. The van der Waals surface area contributed by atoms with Gasteiger partial charge in [0, 0.05) is 36.4 Å². The lowest BCUT2D eigenvalue weighted by Gasteiger charge is -2.46. The van der Waals surface area contributed by atoms with E-state index in [4.69, 9.17) is 0 Å². The Kier molecular flexibility index (Phi) is 4.40. The number of nitrogens with one attached hydrogen (secondary N) is 1. The van der Waals surface area contributed by atoms with Gasteiger partial charge in [0.1, 0.15) is 0 Å². The molecule has 1 aromatic rings. The van der Waals surface area contributed by atoms with Crippen molar-refractivity contribution in [3.8, 4) is 0 Å². The van der Waals surface area contributed by atoms with Crippen molar-refractivity contribution in [1.29, 1.82) is 0 Å². The molecule has 4 nitrogen and oxygen atoms in total. The minimum absolute atomic E-state index is 0.0694. The molecule has 4 rings (SSSR count). The zero-order chi connectivity index (χ0) is 20.3. The molecule has 1 aliphatic heterocycles. The predicted octanol–water partition coefficient (Wildman–Crippen LogP) is 3.78. The smallest absolute Gasteiger partial charge is 0.225 e. The van der Waals surface area contributed by atoms with Gasteiger partial charge < -0.3 is 10.2 Å². The molecule has 0 aromatic heterocycles. The lowest BCUT2D eigenvalue weighted by atomic mass is 9.68. The quantitative estimate of drug-likeness (QED) is 0.862. The first-order valence-corrected chi connectivity index (χ1v) is 10.8. The third-order valence-corrected chi connectivity index (χ3v) is 7.29. The molecule has 0 unspecified atom stereocenters. The van der Waals surface area contributed by atoms with Crippen LogP contribution in [0.5, 0.6) is 0 Å². The maximum Gasteiger partial charge on any atom is 0.225 e. The van der Waals surface area contributed by atoms with Gasteiger partial charge in [0.2, 0.25) is 11.8 Å². The second-order valence-electron chi connectivity index (χ2n) is 10.7. The van der Waals surface area contributed by atoms with Crippen LogP contribution in [0.1, 0.15) is 71.4 Å². The van der Waals surface area contributed by atoms with E-state index in [2.05, 4.69) is 62.2 Å². The van der Waals surface area contributed by atoms with Crippen LogP contribution in [0.25, 0.3) is 0 Å². The molecule has 1 N–H and O–H groups in total. The summed E-state index contributed by atoms with van der Waals surface area (Å²) in [7, 11) is 0. The van der Waals surface area contributed by atoms with Crippen LogP contribution in [0.4, 0.5) is 0 Å². The van der Waals surface area contributed by atoms with Crippen LogP contribution in [-0.4, -0.2) is 35.3 Å². The largest absolute Gasteiger partial charge is 0.351 e. The van der Waals surface area contributed by atoms with Gasteiger partial charge in [-0.05, 0) is 48.6 Å². The van der Waals surface area contributed by atoms with Crippen LogP contribution in [0, 0.1) is 11.8 Å². The second kappa shape index (κ2) is 6.33. The molecule has 2 atom stereocenters. The topological polar surface area (TPSA) is 49.4 Å². The Labute approximate surface area is 169 Å². The number of carbonyl (C=O) groups is 2. The summed E-state index contributed by atoms with van der Waals surface area (Å²) in [6.07, 6.45) is 3.25. The molecule has 1 heterocycles. The molecule has 152 valence electrons. The highest BCUT2D eigenvalue weighted by atomic mass is 16.2. The van der Waals surface area contributed by atoms with Crippen LogP contribution in [-0.2, 0) is 20.4 Å². The van der Waals surface area contributed by atoms with E-state index in [1.54, 1.807) is 0 Å². The van der Waals surface area contributed by atoms with E-state index in [0.29, 0.717) is 18.2 Å². The van der Waals surface area contributed by atoms with Crippen molar-refractivity contribution in [2.75, 3.05) is 13.1 Å². The summed E-state index contributed by atoms with van der Waals surface area (Å²) in [5, 5.41) is 3.08. The number of benzene rings is 1. The fourth-order valence-corrected chi connectivity index (χ4v) is 5.39. The van der Waals surface area contributed by atoms with E-state index in [1.165, 1.54) is 17.5 Å². The lowest BCUT2D eigenvalue weighted by molar-refractivity contribution is -0.142. The molecule has 4 heteroatoms. The maximum atomic E-state index is 13.0. The monoisotopic (exact) mass is 382 g/mol. The second-order valence-corrected chi connectivity index (χ2v) is 10.7. The number of carbonyl (C=O) groups excluding carboxylic acids is 2. The van der Waals surface area contributed by atoms with Gasteiger partial charge in [0.15, 0.2) is 0 Å². The number of hydrogen-bond acceptors (Lipinski definition) is 2. The molecule has 0 spiro atoms. The Morgan fingerprint density at radius 2 is 1.79 bits per heavy atom. The Bertz CT molecular complexity index is 786. The number of likely N-dealkylation sites (tertiary alicyclic amines) is 1. The highest BCUT2D eigenvalue weighted by Crippen LogP contribution is 2.59. The summed E-state index contributed by atoms with van der Waals surface area (Å²) < 4.78 is 0. The Morgan fingerprint density at radius 1 is 1.14 bits per heavy atom. The number of nitrogens with zero attached hydrogens (tertiary/aromatic N) is 1. The average Bonchev–Trinajstić information content (AvgIpc) is 3.19. The minimum Gasteiger partial charge on any atom is -0.351 e. The van der Waals surface area contributed by atoms with Gasteiger partial charge in [-0.25, -0.2) is 0 Å². The zero-order valence-corrected chi connectivity index (χ0v) is 18.0. The van der Waals surface area contributed by atoms with Gasteiger partial charge in [-0.3, -0.25) is 9.59 Å². The first kappa shape index (κ1) is 19.5. The van der Waals surface area contributed by atoms with Crippen LogP contribution >= 0.6 is 0 Å². The Balaban J connectivity index is 1.37. The third kappa shape index (κ3) is 3.25. The summed E-state index contributed by atoms with van der Waals surface area (Å²) in [5.74, 6) is 1.05. The molecular formula is C24H34N2O2. The number of fused-ring (bicyclic) bond motifs is 1. The van der Waals surface area contributed by atoms with Gasteiger partial charge in [-0.2, -0.15) is 0 Å². The fraction of sp³-hybridized carbons (Fsp3) is 0.667. The summed E-state index contributed by atoms with van der Waals surface area (Å²) in [4.78, 5) is 26.8. The molecular weight excluding hydrogens is 348 g/mol. The van der Waals surface area contributed by atoms with Crippen LogP contribution in [0.2, 0.25) is 0 Å². The van der Waals surface area contributed by atoms with Crippen LogP contribution in [0.3, 0.4) is 0 Å². The molecule has 2 saturated carbocycles.